The molecule has 9 heteroatoms. The predicted octanol–water partition coefficient (Wildman–Crippen LogP) is 3.77. The highest BCUT2D eigenvalue weighted by molar-refractivity contribution is 6.65. The molecule has 1 aromatic carbocycles. The van der Waals surface area contributed by atoms with E-state index in [2.05, 4.69) is 5.32 Å². The quantitative estimate of drug-likeness (QED) is 0.689. The summed E-state index contributed by atoms with van der Waals surface area (Å²) in [5.41, 5.74) is -0.362. The molecule has 2 aliphatic rings. The Bertz CT molecular complexity index is 868. The van der Waals surface area contributed by atoms with E-state index < -0.39 is 23.9 Å². The molecule has 2 saturated heterocycles. The fraction of sp³-hybridized carbons (Fsp3) is 0.652. The number of carbonyl (C=O) groups is 2. The number of nitrogens with zero attached hydrogens (tertiary/aromatic N) is 1. The zero-order valence-corrected chi connectivity index (χ0v) is 20.8. The van der Waals surface area contributed by atoms with E-state index in [0.717, 1.165) is 12.8 Å². The van der Waals surface area contributed by atoms with E-state index in [0.29, 0.717) is 29.1 Å². The second kappa shape index (κ2) is 8.88. The van der Waals surface area contributed by atoms with Gasteiger partial charge < -0.3 is 24.3 Å². The van der Waals surface area contributed by atoms with Crippen LogP contribution in [0, 0.1) is 0 Å². The molecule has 0 radical (unpaired) electrons. The maximum atomic E-state index is 12.8. The normalized spacial score (nSPS) is 22.6. The number of hydrogen-bond donors (Lipinski definition) is 1. The third-order valence-corrected chi connectivity index (χ3v) is 6.51. The molecule has 2 fully saturated rings. The van der Waals surface area contributed by atoms with Gasteiger partial charge in [-0.25, -0.2) is 4.79 Å². The summed E-state index contributed by atoms with van der Waals surface area (Å²) in [6.07, 6.45) is 1.24. The number of halogens is 1. The number of likely N-dealkylation sites (tertiary alicyclic amines) is 1. The van der Waals surface area contributed by atoms with Crippen molar-refractivity contribution >= 4 is 36.2 Å². The molecule has 0 bridgehead atoms. The number of benzene rings is 1. The Morgan fingerprint density at radius 1 is 1.19 bits per heavy atom. The van der Waals surface area contributed by atoms with Gasteiger partial charge in [-0.15, -0.1) is 0 Å². The number of carbonyl (C=O) groups excluding carboxylic acids is 2. The molecular formula is C23H34BClN2O5. The molecule has 32 heavy (non-hydrogen) atoms. The van der Waals surface area contributed by atoms with Crippen molar-refractivity contribution in [3.05, 3.63) is 28.8 Å². The molecule has 0 aliphatic carbocycles. The van der Waals surface area contributed by atoms with Crippen LogP contribution in [0.2, 0.25) is 5.02 Å². The second-order valence-electron chi connectivity index (χ2n) is 10.6. The predicted molar refractivity (Wildman–Crippen MR) is 125 cm³/mol. The molecule has 1 N–H and O–H groups in total. The molecule has 2 aliphatic heterocycles. The molecular weight excluding hydrogens is 431 g/mol. The third-order valence-electron chi connectivity index (χ3n) is 6.18. The fourth-order valence-electron chi connectivity index (χ4n) is 3.69. The molecule has 3 rings (SSSR count). The Labute approximate surface area is 196 Å². The van der Waals surface area contributed by atoms with Gasteiger partial charge in [0.1, 0.15) is 5.60 Å². The second-order valence-corrected chi connectivity index (χ2v) is 11.0. The minimum Gasteiger partial charge on any atom is -0.444 e. The van der Waals surface area contributed by atoms with Crippen molar-refractivity contribution in [1.29, 1.82) is 0 Å². The molecule has 2 heterocycles. The minimum atomic E-state index is -0.592. The monoisotopic (exact) mass is 464 g/mol. The lowest BCUT2D eigenvalue weighted by Crippen LogP contribution is -2.50. The molecule has 0 aromatic heterocycles. The first kappa shape index (κ1) is 24.9. The van der Waals surface area contributed by atoms with Crippen molar-refractivity contribution in [2.24, 2.45) is 0 Å². The smallest absolute Gasteiger partial charge is 0.444 e. The van der Waals surface area contributed by atoms with Gasteiger partial charge in [-0.1, -0.05) is 17.7 Å². The fourth-order valence-corrected chi connectivity index (χ4v) is 3.96. The SMILES string of the molecule is CC(C)(C)OC(=O)N1CCC[C@@H](NC(=O)c2ccc(B3OC(C)(C)C(C)(C)O3)c(Cl)c2)C1. The van der Waals surface area contributed by atoms with E-state index in [9.17, 15) is 9.59 Å². The van der Waals surface area contributed by atoms with E-state index in [-0.39, 0.29) is 18.0 Å². The Morgan fingerprint density at radius 2 is 1.81 bits per heavy atom. The van der Waals surface area contributed by atoms with Crippen LogP contribution in [0.15, 0.2) is 18.2 Å². The van der Waals surface area contributed by atoms with Crippen LogP contribution in [-0.4, -0.2) is 60.0 Å². The van der Waals surface area contributed by atoms with E-state index >= 15 is 0 Å². The largest absolute Gasteiger partial charge is 0.496 e. The first-order valence-electron chi connectivity index (χ1n) is 11.1. The molecule has 0 unspecified atom stereocenters. The first-order chi connectivity index (χ1) is 14.7. The number of nitrogens with one attached hydrogen (secondary N) is 1. The highest BCUT2D eigenvalue weighted by Gasteiger charge is 2.52. The zero-order chi connectivity index (χ0) is 23.9. The summed E-state index contributed by atoms with van der Waals surface area (Å²) in [5, 5.41) is 3.43. The van der Waals surface area contributed by atoms with E-state index in [4.69, 9.17) is 25.6 Å². The lowest BCUT2D eigenvalue weighted by atomic mass is 9.78. The Hall–Kier alpha value is -1.77. The molecule has 2 amide bonds. The topological polar surface area (TPSA) is 77.1 Å². The lowest BCUT2D eigenvalue weighted by Gasteiger charge is -2.34. The van der Waals surface area contributed by atoms with Gasteiger partial charge in [-0.2, -0.15) is 0 Å². The molecule has 0 spiro atoms. The summed E-state index contributed by atoms with van der Waals surface area (Å²) < 4.78 is 17.6. The average molecular weight is 465 g/mol. The van der Waals surface area contributed by atoms with Gasteiger partial charge in [-0.3, -0.25) is 4.79 Å². The Balaban J connectivity index is 1.64. The number of piperidine rings is 1. The van der Waals surface area contributed by atoms with Crippen LogP contribution in [-0.2, 0) is 14.0 Å². The summed E-state index contributed by atoms with van der Waals surface area (Å²) in [4.78, 5) is 26.9. The van der Waals surface area contributed by atoms with Crippen molar-refractivity contribution in [1.82, 2.24) is 10.2 Å². The van der Waals surface area contributed by atoms with Crippen LogP contribution in [0.5, 0.6) is 0 Å². The van der Waals surface area contributed by atoms with Gasteiger partial charge in [-0.05, 0) is 73.4 Å². The highest BCUT2D eigenvalue weighted by Crippen LogP contribution is 2.37. The third kappa shape index (κ3) is 5.59. The van der Waals surface area contributed by atoms with Crippen molar-refractivity contribution in [3.63, 3.8) is 0 Å². The number of amides is 2. The number of ether oxygens (including phenoxy) is 1. The van der Waals surface area contributed by atoms with E-state index in [1.165, 1.54) is 0 Å². The number of rotatable bonds is 3. The van der Waals surface area contributed by atoms with Gasteiger partial charge in [0, 0.05) is 35.2 Å². The first-order valence-corrected chi connectivity index (χ1v) is 11.5. The summed E-state index contributed by atoms with van der Waals surface area (Å²) in [5.74, 6) is -0.233. The van der Waals surface area contributed by atoms with Crippen molar-refractivity contribution in [2.45, 2.75) is 84.2 Å². The average Bonchev–Trinajstić information content (AvgIpc) is 2.87. The zero-order valence-electron chi connectivity index (χ0n) is 20.1. The molecule has 176 valence electrons. The van der Waals surface area contributed by atoms with Crippen molar-refractivity contribution < 1.29 is 23.6 Å². The Morgan fingerprint density at radius 3 is 2.38 bits per heavy atom. The standard InChI is InChI=1S/C23H34BClN2O5/c1-21(2,3)30-20(29)27-12-8-9-16(14-27)26-19(28)15-10-11-17(18(25)13-15)24-31-22(4,5)23(6,7)32-24/h10-11,13,16H,8-9,12,14H2,1-7H3,(H,26,28)/t16-/m1/s1. The van der Waals surface area contributed by atoms with Crippen LogP contribution >= 0.6 is 11.6 Å². The maximum absolute atomic E-state index is 12.8. The summed E-state index contributed by atoms with van der Waals surface area (Å²) in [7, 11) is -0.592. The van der Waals surface area contributed by atoms with Gasteiger partial charge in [0.05, 0.1) is 11.2 Å². The van der Waals surface area contributed by atoms with Gasteiger partial charge in [0.2, 0.25) is 0 Å². The van der Waals surface area contributed by atoms with Crippen LogP contribution in [0.3, 0.4) is 0 Å². The Kier molecular flexibility index (Phi) is 6.90. The highest BCUT2D eigenvalue weighted by atomic mass is 35.5. The number of hydrogen-bond acceptors (Lipinski definition) is 5. The van der Waals surface area contributed by atoms with Crippen LogP contribution < -0.4 is 10.8 Å². The van der Waals surface area contributed by atoms with Crippen molar-refractivity contribution in [3.8, 4) is 0 Å². The van der Waals surface area contributed by atoms with Crippen LogP contribution in [0.1, 0.15) is 71.7 Å². The van der Waals surface area contributed by atoms with Crippen LogP contribution in [0.4, 0.5) is 4.79 Å². The molecule has 1 aromatic rings. The van der Waals surface area contributed by atoms with E-state index in [1.54, 1.807) is 23.1 Å². The molecule has 7 nitrogen and oxygen atoms in total. The van der Waals surface area contributed by atoms with Crippen LogP contribution in [0.25, 0.3) is 0 Å². The minimum absolute atomic E-state index is 0.148. The van der Waals surface area contributed by atoms with Gasteiger partial charge in [0.25, 0.3) is 5.91 Å². The summed E-state index contributed by atoms with van der Waals surface area (Å²) in [6, 6.07) is 4.97. The van der Waals surface area contributed by atoms with Crippen molar-refractivity contribution in [2.75, 3.05) is 13.1 Å². The summed E-state index contributed by atoms with van der Waals surface area (Å²) in [6.45, 7) is 14.5. The molecule has 0 saturated carbocycles. The lowest BCUT2D eigenvalue weighted by molar-refractivity contribution is 0.00578. The molecule has 1 atom stereocenters. The van der Waals surface area contributed by atoms with Gasteiger partial charge >= 0.3 is 13.2 Å². The maximum Gasteiger partial charge on any atom is 0.496 e. The summed E-state index contributed by atoms with van der Waals surface area (Å²) >= 11 is 6.50. The van der Waals surface area contributed by atoms with E-state index in [1.807, 2.05) is 48.5 Å². The van der Waals surface area contributed by atoms with Gasteiger partial charge in [0.15, 0.2) is 0 Å².